The minimum absolute atomic E-state index is 0.0297. The first kappa shape index (κ1) is 31.2. The number of benzene rings is 2. The number of hydrogen-bond donors (Lipinski definition) is 2. The third kappa shape index (κ3) is 8.62. The van der Waals surface area contributed by atoms with Crippen LogP contribution in [0.5, 0.6) is 0 Å². The van der Waals surface area contributed by atoms with Crippen LogP contribution >= 0.6 is 39.0 Å². The van der Waals surface area contributed by atoms with Crippen molar-refractivity contribution in [2.45, 2.75) is 55.2 Å². The van der Waals surface area contributed by atoms with Gasteiger partial charge in [-0.1, -0.05) is 30.0 Å². The third-order valence-corrected chi connectivity index (χ3v) is 8.55. The molecule has 0 saturated carbocycles. The van der Waals surface area contributed by atoms with Gasteiger partial charge in [-0.2, -0.15) is 13.2 Å². The normalized spacial score (nSPS) is 15.9. The molecule has 1 saturated heterocycles. The van der Waals surface area contributed by atoms with Crippen molar-refractivity contribution in [2.24, 2.45) is 5.92 Å². The molecule has 2 N–H and O–H groups in total. The van der Waals surface area contributed by atoms with E-state index in [-0.39, 0.29) is 41.0 Å². The zero-order valence-corrected chi connectivity index (χ0v) is 25.9. The molecule has 0 spiro atoms. The van der Waals surface area contributed by atoms with Crippen LogP contribution in [-0.4, -0.2) is 42.2 Å². The summed E-state index contributed by atoms with van der Waals surface area (Å²) in [6.07, 6.45) is -3.95. The van der Waals surface area contributed by atoms with Crippen LogP contribution in [0.2, 0.25) is 0 Å². The Morgan fingerprint density at radius 1 is 1.17 bits per heavy atom. The molecule has 1 atom stereocenters. The van der Waals surface area contributed by atoms with E-state index in [9.17, 15) is 22.8 Å². The van der Waals surface area contributed by atoms with E-state index in [4.69, 9.17) is 4.74 Å². The van der Waals surface area contributed by atoms with Gasteiger partial charge < -0.3 is 20.3 Å². The zero-order chi connectivity index (χ0) is 29.8. The highest BCUT2D eigenvalue weighted by Gasteiger charge is 2.40. The number of ether oxygens (including phenoxy) is 1. The van der Waals surface area contributed by atoms with Crippen LogP contribution in [0.4, 0.5) is 29.3 Å². The van der Waals surface area contributed by atoms with Crippen molar-refractivity contribution in [2.75, 3.05) is 29.9 Å². The number of hydrogen-bond acceptors (Lipinski definition) is 7. The maximum absolute atomic E-state index is 14.9. The Labute approximate surface area is 253 Å². The number of piperidine rings is 1. The highest BCUT2D eigenvalue weighted by atomic mass is 79.9. The van der Waals surface area contributed by atoms with Crippen LogP contribution in [0, 0.1) is 5.92 Å². The number of amides is 2. The van der Waals surface area contributed by atoms with E-state index in [0.717, 1.165) is 18.2 Å². The van der Waals surface area contributed by atoms with Crippen molar-refractivity contribution >= 4 is 62.4 Å². The Morgan fingerprint density at radius 3 is 2.54 bits per heavy atom. The number of halogens is 4. The standard InChI is InChI=1S/C28H30BrF3N4O3S2/c1-27(2,3)39-26(38)33-14-17-8-7-13-36(15-17)23-19(34-24(37)20-16-40-25(29)35-20)11-12-21(22(23)28(30,31)32)41-18-9-5-4-6-10-18/h4-6,9-12,16-17H,7-8,13-15H2,1-3H3,(H,33,38)(H,34,37)/t17-/m0/s1. The number of rotatable bonds is 7. The maximum Gasteiger partial charge on any atom is 0.419 e. The molecule has 4 rings (SSSR count). The summed E-state index contributed by atoms with van der Waals surface area (Å²) in [6.45, 7) is 6.14. The van der Waals surface area contributed by atoms with Gasteiger partial charge in [-0.15, -0.1) is 11.3 Å². The quantitative estimate of drug-likeness (QED) is 0.265. The topological polar surface area (TPSA) is 83.6 Å². The van der Waals surface area contributed by atoms with Gasteiger partial charge in [0.1, 0.15) is 11.3 Å². The van der Waals surface area contributed by atoms with Crippen LogP contribution in [-0.2, 0) is 10.9 Å². The molecule has 7 nitrogen and oxygen atoms in total. The first-order chi connectivity index (χ1) is 19.3. The number of nitrogens with zero attached hydrogens (tertiary/aromatic N) is 2. The molecule has 220 valence electrons. The van der Waals surface area contributed by atoms with Crippen molar-refractivity contribution in [1.82, 2.24) is 10.3 Å². The van der Waals surface area contributed by atoms with E-state index in [0.29, 0.717) is 21.8 Å². The van der Waals surface area contributed by atoms with Crippen molar-refractivity contribution in [3.8, 4) is 0 Å². The van der Waals surface area contributed by atoms with Crippen molar-refractivity contribution in [1.29, 1.82) is 0 Å². The number of anilines is 2. The highest BCUT2D eigenvalue weighted by molar-refractivity contribution is 9.11. The smallest absolute Gasteiger partial charge is 0.419 e. The largest absolute Gasteiger partial charge is 0.444 e. The van der Waals surface area contributed by atoms with Gasteiger partial charge in [0.2, 0.25) is 0 Å². The molecule has 2 aromatic carbocycles. The second-order valence-corrected chi connectivity index (χ2v) is 13.8. The third-order valence-electron chi connectivity index (χ3n) is 6.12. The molecule has 2 heterocycles. The summed E-state index contributed by atoms with van der Waals surface area (Å²) in [6, 6.07) is 11.7. The Balaban J connectivity index is 1.70. The Kier molecular flexibility index (Phi) is 9.91. The number of thiazole rings is 1. The minimum Gasteiger partial charge on any atom is -0.444 e. The van der Waals surface area contributed by atoms with E-state index >= 15 is 0 Å². The van der Waals surface area contributed by atoms with Crippen LogP contribution in [0.1, 0.15) is 49.7 Å². The lowest BCUT2D eigenvalue weighted by Gasteiger charge is -2.37. The fraction of sp³-hybridized carbons (Fsp3) is 0.393. The molecule has 1 aliphatic heterocycles. The maximum atomic E-state index is 14.9. The number of nitrogens with one attached hydrogen (secondary N) is 2. The highest BCUT2D eigenvalue weighted by Crippen LogP contribution is 2.48. The second kappa shape index (κ2) is 13.0. The average molecular weight is 672 g/mol. The molecule has 0 radical (unpaired) electrons. The summed E-state index contributed by atoms with van der Waals surface area (Å²) in [5, 5.41) is 6.95. The van der Waals surface area contributed by atoms with Gasteiger partial charge in [0.25, 0.3) is 5.91 Å². The van der Waals surface area contributed by atoms with Crippen molar-refractivity contribution in [3.05, 3.63) is 63.0 Å². The van der Waals surface area contributed by atoms with Crippen LogP contribution in [0.3, 0.4) is 0 Å². The van der Waals surface area contributed by atoms with Crippen LogP contribution in [0.25, 0.3) is 0 Å². The van der Waals surface area contributed by atoms with E-state index in [2.05, 4.69) is 31.5 Å². The fourth-order valence-corrected chi connectivity index (χ4v) is 6.48. The van der Waals surface area contributed by atoms with Crippen LogP contribution < -0.4 is 15.5 Å². The Bertz CT molecular complexity index is 1380. The van der Waals surface area contributed by atoms with Crippen LogP contribution in [0.15, 0.2) is 61.6 Å². The second-order valence-electron chi connectivity index (χ2n) is 10.5. The average Bonchev–Trinajstić information content (AvgIpc) is 3.33. The van der Waals surface area contributed by atoms with E-state index in [1.165, 1.54) is 28.8 Å². The molecule has 3 aromatic rings. The lowest BCUT2D eigenvalue weighted by molar-refractivity contribution is -0.139. The van der Waals surface area contributed by atoms with Gasteiger partial charge in [-0.05, 0) is 79.7 Å². The van der Waals surface area contributed by atoms with E-state index in [1.54, 1.807) is 56.0 Å². The van der Waals surface area contributed by atoms with Gasteiger partial charge >= 0.3 is 12.3 Å². The molecular weight excluding hydrogens is 641 g/mol. The van der Waals surface area contributed by atoms with Gasteiger partial charge in [-0.25, -0.2) is 9.78 Å². The zero-order valence-electron chi connectivity index (χ0n) is 22.7. The summed E-state index contributed by atoms with van der Waals surface area (Å²) < 4.78 is 50.4. The molecule has 41 heavy (non-hydrogen) atoms. The summed E-state index contributed by atoms with van der Waals surface area (Å²) in [4.78, 5) is 31.7. The lowest BCUT2D eigenvalue weighted by atomic mass is 9.96. The van der Waals surface area contributed by atoms with E-state index < -0.39 is 29.3 Å². The molecule has 13 heteroatoms. The fourth-order valence-electron chi connectivity index (χ4n) is 4.50. The molecule has 1 aromatic heterocycles. The summed E-state index contributed by atoms with van der Waals surface area (Å²) >= 11 is 5.44. The van der Waals surface area contributed by atoms with Crippen molar-refractivity contribution in [3.63, 3.8) is 0 Å². The van der Waals surface area contributed by atoms with E-state index in [1.807, 2.05) is 0 Å². The lowest BCUT2D eigenvalue weighted by Crippen LogP contribution is -2.43. The molecule has 0 unspecified atom stereocenters. The molecule has 2 amide bonds. The predicted molar refractivity (Wildman–Crippen MR) is 159 cm³/mol. The predicted octanol–water partition coefficient (Wildman–Crippen LogP) is 8.07. The molecular formula is C28H30BrF3N4O3S2. The molecule has 0 bridgehead atoms. The van der Waals surface area contributed by atoms with Gasteiger partial charge in [0.05, 0.1) is 16.9 Å². The summed E-state index contributed by atoms with van der Waals surface area (Å²) in [5.74, 6) is -0.731. The van der Waals surface area contributed by atoms with Gasteiger partial charge in [-0.3, -0.25) is 4.79 Å². The first-order valence-corrected chi connectivity index (χ1v) is 15.4. The molecule has 0 aliphatic carbocycles. The molecule has 1 aliphatic rings. The van der Waals surface area contributed by atoms with Gasteiger partial charge in [0, 0.05) is 34.8 Å². The number of carbonyl (C=O) groups excluding carboxylic acids is 2. The monoisotopic (exact) mass is 670 g/mol. The molecule has 1 fully saturated rings. The number of carbonyl (C=O) groups is 2. The first-order valence-electron chi connectivity index (χ1n) is 12.9. The van der Waals surface area contributed by atoms with Crippen molar-refractivity contribution < 1.29 is 27.5 Å². The van der Waals surface area contributed by atoms with Gasteiger partial charge in [0.15, 0.2) is 3.92 Å². The Morgan fingerprint density at radius 2 is 1.90 bits per heavy atom. The number of aromatic nitrogens is 1. The number of alkyl carbamates (subject to hydrolysis) is 1. The minimum atomic E-state index is -4.71. The summed E-state index contributed by atoms with van der Waals surface area (Å²) in [7, 11) is 0. The Hall–Kier alpha value is -2.77. The summed E-state index contributed by atoms with van der Waals surface area (Å²) in [5.41, 5.74) is -1.43. The number of alkyl halides is 3. The SMILES string of the molecule is CC(C)(C)OC(=O)NC[C@@H]1CCCN(c2c(NC(=O)c3csc(Br)n3)ccc(Sc3ccccc3)c2C(F)(F)F)C1.